The molecule has 23 heavy (non-hydrogen) atoms. The van der Waals surface area contributed by atoms with E-state index in [1.54, 1.807) is 30.3 Å². The van der Waals surface area contributed by atoms with Gasteiger partial charge in [-0.25, -0.2) is 0 Å². The second-order valence-corrected chi connectivity index (χ2v) is 7.87. The van der Waals surface area contributed by atoms with Crippen LogP contribution in [0.5, 0.6) is 0 Å². The Morgan fingerprint density at radius 3 is 2.48 bits per heavy atom. The van der Waals surface area contributed by atoms with E-state index in [1.165, 1.54) is 16.7 Å². The number of carbonyl (C=O) groups excluding carboxylic acids is 1. The summed E-state index contributed by atoms with van der Waals surface area (Å²) in [4.78, 5) is 13.7. The van der Waals surface area contributed by atoms with Gasteiger partial charge in [0.1, 0.15) is 0 Å². The summed E-state index contributed by atoms with van der Waals surface area (Å²) in [6.07, 6.45) is 3.03. The van der Waals surface area contributed by atoms with Crippen molar-refractivity contribution in [1.29, 1.82) is 0 Å². The molecule has 1 aromatic carbocycles. The molecule has 1 aliphatic rings. The molecule has 0 aromatic heterocycles. The molecule has 0 aliphatic carbocycles. The van der Waals surface area contributed by atoms with Crippen molar-refractivity contribution in [3.8, 4) is 0 Å². The second-order valence-electron chi connectivity index (χ2n) is 5.10. The Hall–Kier alpha value is -1.60. The Labute approximate surface area is 141 Å². The number of thioether (sulfide) groups is 1. The van der Waals surface area contributed by atoms with Crippen LogP contribution in [0, 0.1) is 0 Å². The van der Waals surface area contributed by atoms with Crippen LogP contribution in [0.3, 0.4) is 0 Å². The molecule has 0 bridgehead atoms. The average Bonchev–Trinajstić information content (AvgIpc) is 2.83. The van der Waals surface area contributed by atoms with Gasteiger partial charge in [0.25, 0.3) is 10.0 Å². The van der Waals surface area contributed by atoms with Crippen LogP contribution in [-0.4, -0.2) is 36.2 Å². The number of aryl methyl sites for hydroxylation is 1. The number of hydrogen-bond donors (Lipinski definition) is 0. The van der Waals surface area contributed by atoms with E-state index in [-0.39, 0.29) is 27.8 Å². The number of nitrogens with zero attached hydrogens (tertiary/aromatic N) is 2. The normalized spacial score (nSPS) is 20.3. The van der Waals surface area contributed by atoms with Gasteiger partial charge in [0, 0.05) is 6.54 Å². The number of carbonyl (C=O) groups is 1. The van der Waals surface area contributed by atoms with E-state index in [2.05, 4.69) is 11.0 Å². The molecule has 1 heterocycles. The fourth-order valence-corrected chi connectivity index (χ4v) is 4.48. The van der Waals surface area contributed by atoms with Crippen LogP contribution < -0.4 is 0 Å². The van der Waals surface area contributed by atoms with Crippen molar-refractivity contribution in [3.05, 3.63) is 42.5 Å². The molecule has 1 amide bonds. The summed E-state index contributed by atoms with van der Waals surface area (Å²) in [5, 5.41) is -0.0623. The molecule has 0 N–H and O–H groups in total. The van der Waals surface area contributed by atoms with Crippen LogP contribution in [0.1, 0.15) is 25.8 Å². The average molecular weight is 352 g/mol. The molecule has 1 aromatic rings. The summed E-state index contributed by atoms with van der Waals surface area (Å²) in [5.41, 5.74) is 1.06. The maximum atomic E-state index is 12.5. The predicted molar refractivity (Wildman–Crippen MR) is 94.0 cm³/mol. The van der Waals surface area contributed by atoms with Gasteiger partial charge in [0.15, 0.2) is 5.17 Å². The zero-order valence-electron chi connectivity index (χ0n) is 13.2. The lowest BCUT2D eigenvalue weighted by atomic mass is 10.2. The number of benzene rings is 1. The van der Waals surface area contributed by atoms with Crippen molar-refractivity contribution in [2.45, 2.75) is 36.8 Å². The fraction of sp³-hybridized carbons (Fsp3) is 0.375. The minimum absolute atomic E-state index is 0.118. The topological polar surface area (TPSA) is 66.8 Å². The fourth-order valence-electron chi connectivity index (χ4n) is 2.19. The molecule has 1 unspecified atom stereocenters. The first-order chi connectivity index (χ1) is 10.9. The van der Waals surface area contributed by atoms with Gasteiger partial charge in [-0.15, -0.1) is 11.0 Å². The molecular formula is C16H20N2O3S2. The van der Waals surface area contributed by atoms with Gasteiger partial charge in [0.2, 0.25) is 5.91 Å². The highest BCUT2D eigenvalue weighted by atomic mass is 32.2. The smallest absolute Gasteiger partial charge is 0.284 e. The standard InChI is InChI=1S/C16H20N2O3S2/c1-4-11-18-15(19)14(6-3)22-16(18)17-23(20,21)13-9-7-12(5-2)8-10-13/h4,7-10,14H,1,5-6,11H2,2-3H3. The molecule has 124 valence electrons. The van der Waals surface area contributed by atoms with Crippen molar-refractivity contribution < 1.29 is 13.2 Å². The van der Waals surface area contributed by atoms with E-state index >= 15 is 0 Å². The lowest BCUT2D eigenvalue weighted by Gasteiger charge is -2.13. The summed E-state index contributed by atoms with van der Waals surface area (Å²) in [7, 11) is -3.84. The summed E-state index contributed by atoms with van der Waals surface area (Å²) >= 11 is 1.20. The number of amides is 1. The van der Waals surface area contributed by atoms with Crippen molar-refractivity contribution in [3.63, 3.8) is 0 Å². The largest absolute Gasteiger partial charge is 0.286 e. The van der Waals surface area contributed by atoms with Gasteiger partial charge in [-0.05, 0) is 30.5 Å². The minimum Gasteiger partial charge on any atom is -0.286 e. The highest BCUT2D eigenvalue weighted by molar-refractivity contribution is 8.16. The van der Waals surface area contributed by atoms with E-state index < -0.39 is 10.0 Å². The van der Waals surface area contributed by atoms with Crippen molar-refractivity contribution in [2.24, 2.45) is 4.40 Å². The highest BCUT2D eigenvalue weighted by Gasteiger charge is 2.37. The summed E-state index contributed by atoms with van der Waals surface area (Å²) < 4.78 is 28.8. The maximum Gasteiger partial charge on any atom is 0.284 e. The monoisotopic (exact) mass is 352 g/mol. The lowest BCUT2D eigenvalue weighted by Crippen LogP contribution is -2.32. The summed E-state index contributed by atoms with van der Waals surface area (Å²) in [6, 6.07) is 6.65. The van der Waals surface area contributed by atoms with E-state index in [0.29, 0.717) is 6.42 Å². The van der Waals surface area contributed by atoms with Crippen LogP contribution in [0.2, 0.25) is 0 Å². The Morgan fingerprint density at radius 1 is 1.30 bits per heavy atom. The van der Waals surface area contributed by atoms with Crippen molar-refractivity contribution >= 4 is 32.9 Å². The van der Waals surface area contributed by atoms with Gasteiger partial charge in [-0.2, -0.15) is 8.42 Å². The molecule has 1 saturated heterocycles. The molecular weight excluding hydrogens is 332 g/mol. The van der Waals surface area contributed by atoms with Crippen LogP contribution in [0.25, 0.3) is 0 Å². The minimum atomic E-state index is -3.84. The maximum absolute atomic E-state index is 12.5. The van der Waals surface area contributed by atoms with Gasteiger partial charge >= 0.3 is 0 Å². The Balaban J connectivity index is 2.36. The van der Waals surface area contributed by atoms with Crippen molar-refractivity contribution in [1.82, 2.24) is 4.90 Å². The predicted octanol–water partition coefficient (Wildman–Crippen LogP) is 2.83. The zero-order valence-corrected chi connectivity index (χ0v) is 14.9. The van der Waals surface area contributed by atoms with Crippen LogP contribution in [0.4, 0.5) is 0 Å². The van der Waals surface area contributed by atoms with Gasteiger partial charge in [0.05, 0.1) is 10.1 Å². The van der Waals surface area contributed by atoms with E-state index in [9.17, 15) is 13.2 Å². The Morgan fingerprint density at radius 2 is 1.96 bits per heavy atom. The molecule has 2 rings (SSSR count). The first-order valence-electron chi connectivity index (χ1n) is 7.45. The molecule has 0 radical (unpaired) electrons. The molecule has 1 aliphatic heterocycles. The zero-order chi connectivity index (χ0) is 17.0. The SMILES string of the molecule is C=CCN1C(=O)C(CC)SC1=NS(=O)(=O)c1ccc(CC)cc1. The summed E-state index contributed by atoms with van der Waals surface area (Å²) in [5.74, 6) is -0.118. The van der Waals surface area contributed by atoms with Gasteiger partial charge in [-0.3, -0.25) is 9.69 Å². The molecule has 1 atom stereocenters. The first kappa shape index (κ1) is 17.7. The number of rotatable bonds is 6. The number of hydrogen-bond acceptors (Lipinski definition) is 4. The van der Waals surface area contributed by atoms with Crippen LogP contribution >= 0.6 is 11.8 Å². The lowest BCUT2D eigenvalue weighted by molar-refractivity contribution is -0.125. The van der Waals surface area contributed by atoms with Crippen LogP contribution in [-0.2, 0) is 21.2 Å². The first-order valence-corrected chi connectivity index (χ1v) is 9.77. The van der Waals surface area contributed by atoms with Gasteiger partial charge < -0.3 is 0 Å². The van der Waals surface area contributed by atoms with E-state index in [0.717, 1.165) is 12.0 Å². The van der Waals surface area contributed by atoms with E-state index in [1.807, 2.05) is 13.8 Å². The molecule has 5 nitrogen and oxygen atoms in total. The third-order valence-corrected chi connectivity index (χ3v) is 6.27. The molecule has 0 saturated carbocycles. The second kappa shape index (κ2) is 7.31. The molecule has 0 spiro atoms. The van der Waals surface area contributed by atoms with E-state index in [4.69, 9.17) is 0 Å². The molecule has 7 heteroatoms. The number of sulfonamides is 1. The third-order valence-electron chi connectivity index (χ3n) is 3.53. The third kappa shape index (κ3) is 3.84. The highest BCUT2D eigenvalue weighted by Crippen LogP contribution is 2.30. The van der Waals surface area contributed by atoms with Gasteiger partial charge in [-0.1, -0.05) is 43.8 Å². The van der Waals surface area contributed by atoms with Crippen LogP contribution in [0.15, 0.2) is 46.2 Å². The quantitative estimate of drug-likeness (QED) is 0.739. The molecule has 1 fully saturated rings. The Kier molecular flexibility index (Phi) is 5.64. The Bertz CT molecular complexity index is 724. The van der Waals surface area contributed by atoms with Crippen molar-refractivity contribution in [2.75, 3.05) is 6.54 Å². The number of amidine groups is 1. The summed E-state index contributed by atoms with van der Waals surface area (Å²) in [6.45, 7) is 7.76.